The van der Waals surface area contributed by atoms with Crippen molar-refractivity contribution in [2.24, 2.45) is 0 Å². The van der Waals surface area contributed by atoms with E-state index in [1.54, 1.807) is 30.5 Å². The molecule has 2 aliphatic heterocycles. The number of benzene rings is 1. The van der Waals surface area contributed by atoms with Crippen LogP contribution in [0.3, 0.4) is 0 Å². The Balaban J connectivity index is 1.26. The summed E-state index contributed by atoms with van der Waals surface area (Å²) in [7, 11) is 1.52. The van der Waals surface area contributed by atoms with Crippen molar-refractivity contribution in [2.75, 3.05) is 33.4 Å². The monoisotopic (exact) mass is 483 g/mol. The van der Waals surface area contributed by atoms with E-state index in [0.29, 0.717) is 30.8 Å². The minimum absolute atomic E-state index is 0.0465. The Morgan fingerprint density at radius 1 is 1.26 bits per heavy atom. The van der Waals surface area contributed by atoms with Crippen LogP contribution in [0, 0.1) is 0 Å². The number of carbonyl (C=O) groups is 1. The highest BCUT2D eigenvalue weighted by Gasteiger charge is 2.47. The maximum absolute atomic E-state index is 13.5. The van der Waals surface area contributed by atoms with Crippen LogP contribution >= 0.6 is 0 Å². The zero-order chi connectivity index (χ0) is 24.2. The molecule has 1 amide bonds. The van der Waals surface area contributed by atoms with Crippen LogP contribution in [0.4, 0.5) is 18.0 Å². The molecule has 4 rings (SSSR count). The maximum Gasteiger partial charge on any atom is 0.427 e. The number of halogens is 3. The Bertz CT molecular complexity index is 928. The van der Waals surface area contributed by atoms with Gasteiger partial charge in [-0.3, -0.25) is 4.68 Å². The number of aromatic nitrogens is 2. The molecule has 1 aromatic heterocycles. The Hall–Kier alpha value is -2.79. The molecule has 186 valence electrons. The predicted octanol–water partition coefficient (Wildman–Crippen LogP) is 3.97. The molecule has 1 unspecified atom stereocenters. The van der Waals surface area contributed by atoms with Crippen LogP contribution in [0.5, 0.6) is 5.75 Å². The van der Waals surface area contributed by atoms with Gasteiger partial charge in [0.05, 0.1) is 38.6 Å². The van der Waals surface area contributed by atoms with Crippen molar-refractivity contribution in [2.45, 2.75) is 49.8 Å². The third-order valence-electron chi connectivity index (χ3n) is 6.33. The molecule has 2 saturated heterocycles. The SMILES string of the molecule is COc1ccc(COC[C@@H](OC(=O)N2CCC3(CC2)CC(n2cccn2)CO3)C(F)(F)F)cc1. The van der Waals surface area contributed by atoms with Crippen LogP contribution in [0.15, 0.2) is 42.7 Å². The molecule has 2 aliphatic rings. The molecule has 8 nitrogen and oxygen atoms in total. The van der Waals surface area contributed by atoms with Gasteiger partial charge in [0.1, 0.15) is 5.75 Å². The predicted molar refractivity (Wildman–Crippen MR) is 114 cm³/mol. The van der Waals surface area contributed by atoms with E-state index in [1.165, 1.54) is 12.0 Å². The number of amides is 1. The smallest absolute Gasteiger partial charge is 0.427 e. The van der Waals surface area contributed by atoms with E-state index in [-0.39, 0.29) is 25.7 Å². The van der Waals surface area contributed by atoms with Crippen molar-refractivity contribution < 1.29 is 36.9 Å². The number of nitrogens with zero attached hydrogens (tertiary/aromatic N) is 3. The highest BCUT2D eigenvalue weighted by atomic mass is 19.4. The molecule has 1 aromatic carbocycles. The minimum Gasteiger partial charge on any atom is -0.497 e. The van der Waals surface area contributed by atoms with Crippen molar-refractivity contribution in [1.82, 2.24) is 14.7 Å². The summed E-state index contributed by atoms with van der Waals surface area (Å²) in [6, 6.07) is 8.73. The fourth-order valence-corrected chi connectivity index (χ4v) is 4.33. The number of carbonyl (C=O) groups excluding carboxylic acids is 1. The first-order valence-electron chi connectivity index (χ1n) is 11.1. The molecule has 2 atom stereocenters. The van der Waals surface area contributed by atoms with Crippen molar-refractivity contribution in [3.8, 4) is 5.75 Å². The number of hydrogen-bond donors (Lipinski definition) is 0. The highest BCUT2D eigenvalue weighted by molar-refractivity contribution is 5.68. The van der Waals surface area contributed by atoms with Gasteiger partial charge >= 0.3 is 12.3 Å². The number of alkyl halides is 3. The molecule has 1 spiro atoms. The zero-order valence-electron chi connectivity index (χ0n) is 18.9. The Morgan fingerprint density at radius 3 is 2.62 bits per heavy atom. The van der Waals surface area contributed by atoms with Crippen LogP contribution in [-0.4, -0.2) is 72.1 Å². The summed E-state index contributed by atoms with van der Waals surface area (Å²) in [4.78, 5) is 13.8. The summed E-state index contributed by atoms with van der Waals surface area (Å²) in [6.07, 6.45) is -2.67. The summed E-state index contributed by atoms with van der Waals surface area (Å²) in [5.74, 6) is 0.633. The summed E-state index contributed by atoms with van der Waals surface area (Å²) >= 11 is 0. The van der Waals surface area contributed by atoms with Gasteiger partial charge in [0, 0.05) is 31.9 Å². The lowest BCUT2D eigenvalue weighted by Gasteiger charge is -2.38. The van der Waals surface area contributed by atoms with Gasteiger partial charge < -0.3 is 23.8 Å². The van der Waals surface area contributed by atoms with E-state index in [0.717, 1.165) is 6.42 Å². The number of piperidine rings is 1. The average molecular weight is 483 g/mol. The summed E-state index contributed by atoms with van der Waals surface area (Å²) in [5, 5.41) is 4.25. The fourth-order valence-electron chi connectivity index (χ4n) is 4.33. The van der Waals surface area contributed by atoms with Gasteiger partial charge in [-0.2, -0.15) is 18.3 Å². The fraction of sp³-hybridized carbons (Fsp3) is 0.565. The lowest BCUT2D eigenvalue weighted by atomic mass is 9.87. The lowest BCUT2D eigenvalue weighted by Crippen LogP contribution is -2.49. The quantitative estimate of drug-likeness (QED) is 0.593. The van der Waals surface area contributed by atoms with E-state index >= 15 is 0 Å². The molecule has 11 heteroatoms. The summed E-state index contributed by atoms with van der Waals surface area (Å²) in [5.41, 5.74) is 0.289. The van der Waals surface area contributed by atoms with Gasteiger partial charge in [-0.25, -0.2) is 4.79 Å². The molecule has 0 aliphatic carbocycles. The summed E-state index contributed by atoms with van der Waals surface area (Å²) in [6.45, 7) is 0.223. The zero-order valence-corrected chi connectivity index (χ0v) is 18.9. The Kier molecular flexibility index (Phi) is 7.32. The largest absolute Gasteiger partial charge is 0.497 e. The van der Waals surface area contributed by atoms with E-state index in [2.05, 4.69) is 5.10 Å². The maximum atomic E-state index is 13.5. The van der Waals surface area contributed by atoms with Crippen molar-refractivity contribution in [3.63, 3.8) is 0 Å². The van der Waals surface area contributed by atoms with Gasteiger partial charge in [0.25, 0.3) is 0 Å². The summed E-state index contributed by atoms with van der Waals surface area (Å²) < 4.78 is 63.4. The standard InChI is InChI=1S/C23H28F3N3O5/c1-31-19-5-3-17(4-6-19)14-32-16-20(23(24,25)26)34-21(30)28-11-7-22(8-12-28)13-18(15-33-22)29-10-2-9-27-29/h2-6,9-10,18,20H,7-8,11-16H2,1H3/t18?,20-/m1/s1. The number of hydrogen-bond acceptors (Lipinski definition) is 6. The molecule has 0 N–H and O–H groups in total. The van der Waals surface area contributed by atoms with Crippen LogP contribution < -0.4 is 4.74 Å². The molecule has 0 radical (unpaired) electrons. The molecular formula is C23H28F3N3O5. The third-order valence-corrected chi connectivity index (χ3v) is 6.33. The van der Waals surface area contributed by atoms with Crippen molar-refractivity contribution in [1.29, 1.82) is 0 Å². The van der Waals surface area contributed by atoms with Crippen molar-refractivity contribution >= 4 is 6.09 Å². The second kappa shape index (κ2) is 10.2. The van der Waals surface area contributed by atoms with Crippen LogP contribution in [0.2, 0.25) is 0 Å². The lowest BCUT2D eigenvalue weighted by molar-refractivity contribution is -0.220. The number of likely N-dealkylation sites (tertiary alicyclic amines) is 1. The first-order chi connectivity index (χ1) is 16.3. The van der Waals surface area contributed by atoms with Gasteiger partial charge in [-0.05, 0) is 36.6 Å². The van der Waals surface area contributed by atoms with E-state index < -0.39 is 30.6 Å². The number of ether oxygens (including phenoxy) is 4. The van der Waals surface area contributed by atoms with Crippen molar-refractivity contribution in [3.05, 3.63) is 48.3 Å². The topological polar surface area (TPSA) is 75.1 Å². The molecule has 3 heterocycles. The molecule has 2 aromatic rings. The normalized spacial score (nSPS) is 20.9. The first-order valence-corrected chi connectivity index (χ1v) is 11.1. The molecular weight excluding hydrogens is 455 g/mol. The van der Waals surface area contributed by atoms with Gasteiger partial charge in [0.15, 0.2) is 0 Å². The number of rotatable bonds is 7. The van der Waals surface area contributed by atoms with Gasteiger partial charge in [0.2, 0.25) is 6.10 Å². The third kappa shape index (κ3) is 5.82. The van der Waals surface area contributed by atoms with E-state index in [1.807, 2.05) is 16.9 Å². The average Bonchev–Trinajstić information content (AvgIpc) is 3.49. The van der Waals surface area contributed by atoms with Gasteiger partial charge in [-0.1, -0.05) is 12.1 Å². The van der Waals surface area contributed by atoms with Crippen LogP contribution in [0.25, 0.3) is 0 Å². The Labute approximate surface area is 195 Å². The molecule has 34 heavy (non-hydrogen) atoms. The highest BCUT2D eigenvalue weighted by Crippen LogP contribution is 2.40. The molecule has 0 bridgehead atoms. The Morgan fingerprint density at radius 2 is 2.00 bits per heavy atom. The van der Waals surface area contributed by atoms with Crippen LogP contribution in [-0.2, 0) is 20.8 Å². The van der Waals surface area contributed by atoms with E-state index in [4.69, 9.17) is 18.9 Å². The molecule has 2 fully saturated rings. The molecule has 0 saturated carbocycles. The second-order valence-electron chi connectivity index (χ2n) is 8.60. The minimum atomic E-state index is -4.74. The van der Waals surface area contributed by atoms with Crippen LogP contribution in [0.1, 0.15) is 30.9 Å². The second-order valence-corrected chi connectivity index (χ2v) is 8.60. The van der Waals surface area contributed by atoms with Gasteiger partial charge in [-0.15, -0.1) is 0 Å². The first kappa shape index (κ1) is 24.3. The van der Waals surface area contributed by atoms with E-state index in [9.17, 15) is 18.0 Å². The number of methoxy groups -OCH3 is 1.